The molecule has 26 heavy (non-hydrogen) atoms. The van der Waals surface area contributed by atoms with Crippen molar-refractivity contribution in [1.82, 2.24) is 9.62 Å². The quantitative estimate of drug-likeness (QED) is 0.769. The Morgan fingerprint density at radius 1 is 1.38 bits per heavy atom. The van der Waals surface area contributed by atoms with Crippen molar-refractivity contribution in [2.75, 3.05) is 6.54 Å². The molecule has 1 aliphatic heterocycles. The third-order valence-electron chi connectivity index (χ3n) is 4.19. The molecule has 0 bridgehead atoms. The van der Waals surface area contributed by atoms with Crippen LogP contribution in [0.15, 0.2) is 39.2 Å². The van der Waals surface area contributed by atoms with E-state index < -0.39 is 32.9 Å². The zero-order valence-corrected chi connectivity index (χ0v) is 15.5. The van der Waals surface area contributed by atoms with Gasteiger partial charge in [0.15, 0.2) is 0 Å². The van der Waals surface area contributed by atoms with Crippen LogP contribution in [-0.2, 0) is 14.8 Å². The van der Waals surface area contributed by atoms with Crippen LogP contribution < -0.4 is 5.32 Å². The first-order valence-corrected chi connectivity index (χ1v) is 10.3. The summed E-state index contributed by atoms with van der Waals surface area (Å²) in [5.41, 5.74) is 0. The second kappa shape index (κ2) is 7.22. The van der Waals surface area contributed by atoms with E-state index in [9.17, 15) is 18.0 Å². The van der Waals surface area contributed by atoms with Crippen LogP contribution in [0.1, 0.15) is 41.2 Å². The summed E-state index contributed by atoms with van der Waals surface area (Å²) in [4.78, 5) is 24.5. The molecule has 0 aromatic carbocycles. The SMILES string of the molecule is CC(NC(=O)C1CCCN1S(=O)(=O)c1ccc(C(=O)O)o1)c1cccs1. The van der Waals surface area contributed by atoms with Crippen molar-refractivity contribution >= 4 is 33.2 Å². The smallest absolute Gasteiger partial charge is 0.371 e. The van der Waals surface area contributed by atoms with E-state index in [0.29, 0.717) is 12.8 Å². The van der Waals surface area contributed by atoms with E-state index in [0.717, 1.165) is 21.3 Å². The van der Waals surface area contributed by atoms with Gasteiger partial charge in [-0.05, 0) is 43.3 Å². The maximum Gasteiger partial charge on any atom is 0.371 e. The van der Waals surface area contributed by atoms with Crippen molar-refractivity contribution in [3.63, 3.8) is 0 Å². The fourth-order valence-corrected chi connectivity index (χ4v) is 5.20. The van der Waals surface area contributed by atoms with Crippen molar-refractivity contribution in [1.29, 1.82) is 0 Å². The standard InChI is InChI=1S/C16H18N2O6S2/c1-10(13-5-3-9-25-13)17-15(19)11-4-2-8-18(11)26(22,23)14-7-6-12(24-14)16(20)21/h3,5-7,9-11H,2,4,8H2,1H3,(H,17,19)(H,20,21). The molecule has 1 saturated heterocycles. The molecule has 8 nitrogen and oxygen atoms in total. The zero-order chi connectivity index (χ0) is 18.9. The fraction of sp³-hybridized carbons (Fsp3) is 0.375. The van der Waals surface area contributed by atoms with E-state index in [4.69, 9.17) is 9.52 Å². The molecule has 140 valence electrons. The first-order chi connectivity index (χ1) is 12.3. The lowest BCUT2D eigenvalue weighted by molar-refractivity contribution is -0.124. The molecule has 2 aromatic heterocycles. The summed E-state index contributed by atoms with van der Waals surface area (Å²) in [6.07, 6.45) is 0.936. The number of hydrogen-bond acceptors (Lipinski definition) is 6. The largest absolute Gasteiger partial charge is 0.475 e. The average molecular weight is 398 g/mol. The molecule has 0 radical (unpaired) electrons. The fourth-order valence-electron chi connectivity index (χ4n) is 2.90. The normalized spacial score (nSPS) is 19.3. The number of hydrogen-bond donors (Lipinski definition) is 2. The topological polar surface area (TPSA) is 117 Å². The molecule has 1 amide bonds. The molecule has 1 aliphatic rings. The van der Waals surface area contributed by atoms with Gasteiger partial charge in [0.05, 0.1) is 6.04 Å². The number of carbonyl (C=O) groups is 2. The molecule has 2 atom stereocenters. The number of sulfonamides is 1. The summed E-state index contributed by atoms with van der Waals surface area (Å²) in [5.74, 6) is -2.20. The van der Waals surface area contributed by atoms with Crippen LogP contribution in [0.4, 0.5) is 0 Å². The van der Waals surface area contributed by atoms with Crippen LogP contribution in [0, 0.1) is 0 Å². The molecule has 0 aliphatic carbocycles. The number of aromatic carboxylic acids is 1. The maximum atomic E-state index is 12.8. The van der Waals surface area contributed by atoms with Gasteiger partial charge in [0.1, 0.15) is 6.04 Å². The Balaban J connectivity index is 1.78. The minimum absolute atomic E-state index is 0.177. The number of nitrogens with one attached hydrogen (secondary N) is 1. The predicted molar refractivity (Wildman–Crippen MR) is 93.5 cm³/mol. The second-order valence-electron chi connectivity index (χ2n) is 5.94. The molecule has 2 aromatic rings. The van der Waals surface area contributed by atoms with Gasteiger partial charge in [0.2, 0.25) is 16.8 Å². The highest BCUT2D eigenvalue weighted by Gasteiger charge is 2.41. The molecular formula is C16H18N2O6S2. The van der Waals surface area contributed by atoms with Gasteiger partial charge in [-0.15, -0.1) is 11.3 Å². The summed E-state index contributed by atoms with van der Waals surface area (Å²) in [6, 6.07) is 4.89. The number of carboxylic acid groups (broad SMARTS) is 1. The zero-order valence-electron chi connectivity index (χ0n) is 13.9. The van der Waals surface area contributed by atoms with Gasteiger partial charge in [0.25, 0.3) is 10.0 Å². The van der Waals surface area contributed by atoms with E-state index >= 15 is 0 Å². The van der Waals surface area contributed by atoms with Crippen LogP contribution in [0.3, 0.4) is 0 Å². The van der Waals surface area contributed by atoms with Crippen LogP contribution >= 0.6 is 11.3 Å². The van der Waals surface area contributed by atoms with Crippen molar-refractivity contribution in [2.45, 2.75) is 36.9 Å². The monoisotopic (exact) mass is 398 g/mol. The van der Waals surface area contributed by atoms with E-state index in [1.165, 1.54) is 11.3 Å². The Hall–Kier alpha value is -2.17. The van der Waals surface area contributed by atoms with Crippen LogP contribution in [0.5, 0.6) is 0 Å². The Kier molecular flexibility index (Phi) is 5.17. The van der Waals surface area contributed by atoms with Gasteiger partial charge in [0, 0.05) is 11.4 Å². The van der Waals surface area contributed by atoms with E-state index in [1.807, 2.05) is 24.4 Å². The highest BCUT2D eigenvalue weighted by molar-refractivity contribution is 7.89. The number of furan rings is 1. The molecule has 0 spiro atoms. The van der Waals surface area contributed by atoms with E-state index in [2.05, 4.69) is 5.32 Å². The van der Waals surface area contributed by atoms with E-state index in [1.54, 1.807) is 0 Å². The summed E-state index contributed by atoms with van der Waals surface area (Å²) < 4.78 is 31.5. The number of carbonyl (C=O) groups excluding carboxylic acids is 1. The number of amides is 1. The Labute approximate surface area is 154 Å². The third kappa shape index (κ3) is 3.53. The van der Waals surface area contributed by atoms with E-state index in [-0.39, 0.29) is 18.5 Å². The predicted octanol–water partition coefficient (Wildman–Crippen LogP) is 2.07. The number of nitrogens with zero attached hydrogens (tertiary/aromatic N) is 1. The molecular weight excluding hydrogens is 380 g/mol. The van der Waals surface area contributed by atoms with Gasteiger partial charge < -0.3 is 14.8 Å². The molecule has 3 heterocycles. The molecule has 2 unspecified atom stereocenters. The highest BCUT2D eigenvalue weighted by Crippen LogP contribution is 2.28. The highest BCUT2D eigenvalue weighted by atomic mass is 32.2. The van der Waals surface area contributed by atoms with Gasteiger partial charge in [-0.1, -0.05) is 6.07 Å². The Morgan fingerprint density at radius 3 is 2.77 bits per heavy atom. The minimum atomic E-state index is -4.09. The van der Waals surface area contributed by atoms with Gasteiger partial charge >= 0.3 is 5.97 Å². The number of thiophene rings is 1. The number of carboxylic acids is 1. The second-order valence-corrected chi connectivity index (χ2v) is 8.74. The third-order valence-corrected chi connectivity index (χ3v) is 7.03. The van der Waals surface area contributed by atoms with Crippen LogP contribution in [0.2, 0.25) is 0 Å². The van der Waals surface area contributed by atoms with Crippen molar-refractivity contribution in [2.24, 2.45) is 0 Å². The minimum Gasteiger partial charge on any atom is -0.475 e. The lowest BCUT2D eigenvalue weighted by atomic mass is 10.2. The average Bonchev–Trinajstić information content (AvgIpc) is 3.35. The molecule has 10 heteroatoms. The lowest BCUT2D eigenvalue weighted by Crippen LogP contribution is -2.46. The van der Waals surface area contributed by atoms with Gasteiger partial charge in [-0.2, -0.15) is 4.31 Å². The summed E-state index contributed by atoms with van der Waals surface area (Å²) in [5, 5.41) is 13.2. The lowest BCUT2D eigenvalue weighted by Gasteiger charge is -2.23. The Bertz CT molecular complexity index is 903. The summed E-state index contributed by atoms with van der Waals surface area (Å²) in [7, 11) is -4.09. The molecule has 3 rings (SSSR count). The summed E-state index contributed by atoms with van der Waals surface area (Å²) in [6.45, 7) is 2.01. The van der Waals surface area contributed by atoms with Crippen LogP contribution in [0.25, 0.3) is 0 Å². The Morgan fingerprint density at radius 2 is 2.15 bits per heavy atom. The first-order valence-electron chi connectivity index (χ1n) is 7.99. The van der Waals surface area contributed by atoms with Crippen molar-refractivity contribution in [3.05, 3.63) is 40.3 Å². The maximum absolute atomic E-state index is 12.8. The molecule has 0 saturated carbocycles. The summed E-state index contributed by atoms with van der Waals surface area (Å²) >= 11 is 1.51. The van der Waals surface area contributed by atoms with Crippen molar-refractivity contribution < 1.29 is 27.5 Å². The number of rotatable bonds is 6. The molecule has 2 N–H and O–H groups in total. The van der Waals surface area contributed by atoms with Gasteiger partial charge in [-0.25, -0.2) is 13.2 Å². The molecule has 1 fully saturated rings. The first kappa shape index (κ1) is 18.6. The van der Waals surface area contributed by atoms with Crippen molar-refractivity contribution in [3.8, 4) is 0 Å². The van der Waals surface area contributed by atoms with Crippen LogP contribution in [-0.4, -0.2) is 42.3 Å². The van der Waals surface area contributed by atoms with Gasteiger partial charge in [-0.3, -0.25) is 4.79 Å².